The largest absolute Gasteiger partial charge is 0.497 e. The number of hydrogen-bond acceptors (Lipinski definition) is 3. The molecule has 0 heterocycles. The molecular weight excluding hydrogens is 314 g/mol. The van der Waals surface area contributed by atoms with Crippen LogP contribution in [-0.2, 0) is 9.53 Å². The van der Waals surface area contributed by atoms with Crippen LogP contribution < -0.4 is 4.74 Å². The zero-order chi connectivity index (χ0) is 20.2. The second kappa shape index (κ2) is 21.5. The molecule has 0 saturated carbocycles. The molecule has 0 N–H and O–H groups in total. The first kappa shape index (κ1) is 30.4. The fourth-order valence-corrected chi connectivity index (χ4v) is 0.557. The molecule has 0 fully saturated rings. The maximum Gasteiger partial charge on any atom is 0.345 e. The molecule has 144 valence electrons. The van der Waals surface area contributed by atoms with Crippen molar-refractivity contribution in [1.82, 2.24) is 0 Å². The quantitative estimate of drug-likeness (QED) is 0.648. The first-order chi connectivity index (χ1) is 10.9. The van der Waals surface area contributed by atoms with Crippen LogP contribution in [-0.4, -0.2) is 27.6 Å². The number of para-hydroxylation sites is 1. The molecule has 0 radical (unpaired) electrons. The topological polar surface area (TPSA) is 35.5 Å². The van der Waals surface area contributed by atoms with Crippen molar-refractivity contribution in [2.75, 3.05) is 14.2 Å². The predicted molar refractivity (Wildman–Crippen MR) is 98.8 cm³/mol. The normalized spacial score (nSPS) is 9.04. The molecule has 0 aromatic heterocycles. The minimum atomic E-state index is -2.62. The monoisotopic (exact) mass is 350 g/mol. The van der Waals surface area contributed by atoms with E-state index in [0.29, 0.717) is 5.41 Å². The molecule has 0 aliphatic heterocycles. The van der Waals surface area contributed by atoms with Crippen LogP contribution in [0.2, 0.25) is 0 Å². The molecule has 0 unspecified atom stereocenters. The van der Waals surface area contributed by atoms with Crippen LogP contribution in [0.1, 0.15) is 48.5 Å². The molecule has 5 heteroatoms. The number of carbonyl (C=O) groups excluding carboxylic acids is 1. The molecule has 0 aliphatic carbocycles. The van der Waals surface area contributed by atoms with Gasteiger partial charge >= 0.3 is 6.61 Å². The fourth-order valence-electron chi connectivity index (χ4n) is 0.557. The van der Waals surface area contributed by atoms with Crippen LogP contribution in [0.5, 0.6) is 5.75 Å². The lowest BCUT2D eigenvalue weighted by atomic mass is 10.0. The Balaban J connectivity index is -0.000000112. The number of hydrogen-bond donors (Lipinski definition) is 0. The Morgan fingerprint density at radius 3 is 1.29 bits per heavy atom. The van der Waals surface area contributed by atoms with Crippen LogP contribution in [0.15, 0.2) is 30.3 Å². The minimum Gasteiger partial charge on any atom is -0.497 e. The molecule has 3 nitrogen and oxygen atoms in total. The first-order valence-corrected chi connectivity index (χ1v) is 7.62. The molecule has 24 heavy (non-hydrogen) atoms. The molecule has 0 aliphatic rings. The fraction of sp³-hybridized carbons (Fsp3) is 0.632. The van der Waals surface area contributed by atoms with Gasteiger partial charge in [0.05, 0.1) is 7.11 Å². The number of ether oxygens (including phenoxy) is 2. The van der Waals surface area contributed by atoms with Crippen molar-refractivity contribution >= 4 is 6.79 Å². The standard InChI is InChI=1S/C7H8O.C5H12.C4H10.C2H4F2O.CH2O/c1-8-7-5-3-2-4-6-7;1-5(2,3)4;1-4(2)3;1-5-2(3)4;1-2/h2-6H,1H3;1-4H3;4H,1-3H3;2H,1H3;1H2. The van der Waals surface area contributed by atoms with Crippen molar-refractivity contribution in [3.05, 3.63) is 30.3 Å². The zero-order valence-electron chi connectivity index (χ0n) is 16.7. The minimum absolute atomic E-state index is 0.500. The molecule has 1 rings (SSSR count). The lowest BCUT2D eigenvalue weighted by Crippen LogP contribution is -1.93. The molecule has 0 spiro atoms. The van der Waals surface area contributed by atoms with E-state index < -0.39 is 6.61 Å². The Labute approximate surface area is 147 Å². The van der Waals surface area contributed by atoms with Crippen LogP contribution in [0.25, 0.3) is 0 Å². The van der Waals surface area contributed by atoms with Crippen LogP contribution in [0, 0.1) is 11.3 Å². The summed E-state index contributed by atoms with van der Waals surface area (Å²) in [7, 11) is 2.61. The summed E-state index contributed by atoms with van der Waals surface area (Å²) < 4.78 is 29.4. The molecule has 0 amide bonds. The molecule has 0 bridgehead atoms. The van der Waals surface area contributed by atoms with Gasteiger partial charge < -0.3 is 14.3 Å². The summed E-state index contributed by atoms with van der Waals surface area (Å²) in [6.45, 7) is 14.6. The molecule has 0 atom stereocenters. The van der Waals surface area contributed by atoms with Gasteiger partial charge in [-0.25, -0.2) is 0 Å². The third-order valence-corrected chi connectivity index (χ3v) is 1.16. The zero-order valence-corrected chi connectivity index (χ0v) is 16.7. The molecule has 0 saturated heterocycles. The third kappa shape index (κ3) is 70.7. The van der Waals surface area contributed by atoms with Gasteiger partial charge in [0, 0.05) is 7.11 Å². The maximum absolute atomic E-state index is 10.5. The maximum atomic E-state index is 10.5. The van der Waals surface area contributed by atoms with E-state index in [0.717, 1.165) is 18.8 Å². The summed E-state index contributed by atoms with van der Waals surface area (Å²) in [5, 5.41) is 0. The smallest absolute Gasteiger partial charge is 0.345 e. The number of alkyl halides is 2. The van der Waals surface area contributed by atoms with Gasteiger partial charge in [0.2, 0.25) is 0 Å². The van der Waals surface area contributed by atoms with Gasteiger partial charge in [-0.2, -0.15) is 8.78 Å². The van der Waals surface area contributed by atoms with Gasteiger partial charge in [0.25, 0.3) is 0 Å². The van der Waals surface area contributed by atoms with Crippen LogP contribution in [0.4, 0.5) is 8.78 Å². The molecule has 1 aromatic rings. The van der Waals surface area contributed by atoms with E-state index in [-0.39, 0.29) is 0 Å². The van der Waals surface area contributed by atoms with Gasteiger partial charge in [0.15, 0.2) is 0 Å². The number of halogens is 2. The van der Waals surface area contributed by atoms with E-state index in [1.807, 2.05) is 37.1 Å². The van der Waals surface area contributed by atoms with E-state index >= 15 is 0 Å². The van der Waals surface area contributed by atoms with Gasteiger partial charge in [0.1, 0.15) is 12.5 Å². The summed E-state index contributed by atoms with van der Waals surface area (Å²) in [6, 6.07) is 9.68. The first-order valence-electron chi connectivity index (χ1n) is 7.62. The van der Waals surface area contributed by atoms with Gasteiger partial charge in [-0.1, -0.05) is 66.7 Å². The van der Waals surface area contributed by atoms with Crippen LogP contribution in [0.3, 0.4) is 0 Å². The number of rotatable bonds is 2. The summed E-state index contributed by atoms with van der Waals surface area (Å²) in [6.07, 6.45) is 0. The number of carbonyl (C=O) groups is 1. The summed E-state index contributed by atoms with van der Waals surface area (Å²) in [5.74, 6) is 1.74. The predicted octanol–water partition coefficient (Wildman–Crippen LogP) is 6.08. The molecular formula is C19H36F2O3. The Kier molecular flexibility index (Phi) is 27.2. The summed E-state index contributed by atoms with van der Waals surface area (Å²) >= 11 is 0. The van der Waals surface area contributed by atoms with E-state index in [2.05, 4.69) is 53.2 Å². The van der Waals surface area contributed by atoms with E-state index in [1.54, 1.807) is 7.11 Å². The summed E-state index contributed by atoms with van der Waals surface area (Å²) in [4.78, 5) is 8.00. The highest BCUT2D eigenvalue weighted by Gasteiger charge is 1.95. The van der Waals surface area contributed by atoms with E-state index in [1.165, 1.54) is 0 Å². The summed E-state index contributed by atoms with van der Waals surface area (Å²) in [5.41, 5.74) is 0.500. The molecule has 1 aromatic carbocycles. The van der Waals surface area contributed by atoms with Gasteiger partial charge in [-0.15, -0.1) is 0 Å². The van der Waals surface area contributed by atoms with Crippen molar-refractivity contribution in [3.63, 3.8) is 0 Å². The second-order valence-electron chi connectivity index (χ2n) is 6.75. The average Bonchev–Trinajstić information content (AvgIpc) is 2.48. The Bertz CT molecular complexity index is 314. The second-order valence-corrected chi connectivity index (χ2v) is 6.75. The van der Waals surface area contributed by atoms with Crippen molar-refractivity contribution in [1.29, 1.82) is 0 Å². The SMILES string of the molecule is C=O.CC(C)(C)C.CC(C)C.COC(F)F.COc1ccccc1. The number of benzene rings is 1. The van der Waals surface area contributed by atoms with E-state index in [4.69, 9.17) is 9.53 Å². The van der Waals surface area contributed by atoms with Crippen molar-refractivity contribution in [2.24, 2.45) is 11.3 Å². The lowest BCUT2D eigenvalue weighted by molar-refractivity contribution is -0.105. The third-order valence-electron chi connectivity index (χ3n) is 1.16. The van der Waals surface area contributed by atoms with Gasteiger partial charge in [-0.3, -0.25) is 0 Å². The van der Waals surface area contributed by atoms with Crippen LogP contribution >= 0.6 is 0 Å². The van der Waals surface area contributed by atoms with Crippen molar-refractivity contribution in [3.8, 4) is 5.75 Å². The van der Waals surface area contributed by atoms with E-state index in [9.17, 15) is 8.78 Å². The van der Waals surface area contributed by atoms with Gasteiger partial charge in [-0.05, 0) is 23.5 Å². The highest BCUT2D eigenvalue weighted by Crippen LogP contribution is 2.08. The Hall–Kier alpha value is -1.49. The highest BCUT2D eigenvalue weighted by molar-refractivity contribution is 5.20. The Morgan fingerprint density at radius 1 is 0.917 bits per heavy atom. The number of methoxy groups -OCH3 is 2. The van der Waals surface area contributed by atoms with Crippen molar-refractivity contribution < 1.29 is 23.0 Å². The van der Waals surface area contributed by atoms with Crippen molar-refractivity contribution in [2.45, 2.75) is 55.1 Å². The lowest BCUT2D eigenvalue weighted by Gasteiger charge is -2.05. The average molecular weight is 350 g/mol. The highest BCUT2D eigenvalue weighted by atomic mass is 19.3. The Morgan fingerprint density at radius 2 is 1.17 bits per heavy atom.